The molecule has 0 aliphatic rings. The van der Waals surface area contributed by atoms with E-state index in [9.17, 15) is 14.7 Å². The van der Waals surface area contributed by atoms with Crippen molar-refractivity contribution in [2.45, 2.75) is 32.9 Å². The Morgan fingerprint density at radius 3 is 2.43 bits per heavy atom. The molecule has 148 valence electrons. The normalized spacial score (nSPS) is 12.5. The van der Waals surface area contributed by atoms with Crippen LogP contribution in [0.4, 0.5) is 17.1 Å². The number of nitrogens with one attached hydrogen (secondary N) is 2. The second-order valence-electron chi connectivity index (χ2n) is 7.14. The molecule has 1 atom stereocenters. The number of phenols is 1. The van der Waals surface area contributed by atoms with E-state index in [0.29, 0.717) is 24.4 Å². The van der Waals surface area contributed by atoms with Crippen molar-refractivity contribution < 1.29 is 9.52 Å². The van der Waals surface area contributed by atoms with Crippen LogP contribution in [-0.2, 0) is 6.54 Å². The van der Waals surface area contributed by atoms with Crippen molar-refractivity contribution in [3.63, 3.8) is 0 Å². The molecule has 3 rings (SSSR count). The largest absolute Gasteiger partial charge is 0.505 e. The Hall–Kier alpha value is -3.06. The maximum absolute atomic E-state index is 12.1. The molecule has 0 spiro atoms. The van der Waals surface area contributed by atoms with Crippen molar-refractivity contribution in [3.8, 4) is 5.75 Å². The predicted molar refractivity (Wildman–Crippen MR) is 110 cm³/mol. The van der Waals surface area contributed by atoms with Crippen LogP contribution in [0.1, 0.15) is 36.5 Å². The lowest BCUT2D eigenvalue weighted by atomic mass is 10.1. The van der Waals surface area contributed by atoms with Crippen LogP contribution in [0.15, 0.2) is 44.3 Å². The average molecular weight is 383 g/mol. The summed E-state index contributed by atoms with van der Waals surface area (Å²) in [4.78, 5) is 26.2. The van der Waals surface area contributed by atoms with Crippen molar-refractivity contribution in [1.29, 1.82) is 0 Å². The molecule has 0 aliphatic heterocycles. The summed E-state index contributed by atoms with van der Waals surface area (Å²) in [6, 6.07) is 8.75. The lowest BCUT2D eigenvalue weighted by Gasteiger charge is -2.21. The summed E-state index contributed by atoms with van der Waals surface area (Å²) in [5.41, 5.74) is 0.294. The number of rotatable bonds is 8. The van der Waals surface area contributed by atoms with Crippen LogP contribution in [0.2, 0.25) is 0 Å². The lowest BCUT2D eigenvalue weighted by Crippen LogP contribution is -2.37. The topological polar surface area (TPSA) is 94.8 Å². The molecule has 3 aromatic rings. The van der Waals surface area contributed by atoms with Gasteiger partial charge in [-0.15, -0.1) is 0 Å². The predicted octanol–water partition coefficient (Wildman–Crippen LogP) is 3.26. The van der Waals surface area contributed by atoms with Gasteiger partial charge in [0.25, 0.3) is 10.9 Å². The fourth-order valence-corrected chi connectivity index (χ4v) is 3.13. The molecular weight excluding hydrogens is 358 g/mol. The number of anilines is 3. The van der Waals surface area contributed by atoms with Gasteiger partial charge in [-0.2, -0.15) is 0 Å². The first-order valence-corrected chi connectivity index (χ1v) is 9.20. The highest BCUT2D eigenvalue weighted by Crippen LogP contribution is 2.33. The van der Waals surface area contributed by atoms with Crippen LogP contribution in [0.3, 0.4) is 0 Å². The lowest BCUT2D eigenvalue weighted by molar-refractivity contribution is 0.386. The highest BCUT2D eigenvalue weighted by atomic mass is 16.3. The van der Waals surface area contributed by atoms with E-state index in [1.807, 2.05) is 51.0 Å². The number of aryl methyl sites for hydroxylation is 1. The molecule has 1 aromatic heterocycles. The van der Waals surface area contributed by atoms with E-state index in [4.69, 9.17) is 4.42 Å². The number of hydrogen-bond acceptors (Lipinski definition) is 7. The van der Waals surface area contributed by atoms with E-state index in [1.54, 1.807) is 12.1 Å². The van der Waals surface area contributed by atoms with Gasteiger partial charge in [0.05, 0.1) is 11.7 Å². The van der Waals surface area contributed by atoms with Crippen LogP contribution in [0.25, 0.3) is 0 Å². The number of aromatic hydroxyl groups is 1. The van der Waals surface area contributed by atoms with Gasteiger partial charge in [0.15, 0.2) is 0 Å². The van der Waals surface area contributed by atoms with E-state index in [0.717, 1.165) is 11.3 Å². The molecule has 0 unspecified atom stereocenters. The van der Waals surface area contributed by atoms with Crippen molar-refractivity contribution in [1.82, 2.24) is 4.90 Å². The third-order valence-electron chi connectivity index (χ3n) is 4.61. The van der Waals surface area contributed by atoms with Gasteiger partial charge in [0.1, 0.15) is 28.6 Å². The minimum absolute atomic E-state index is 0.0592. The van der Waals surface area contributed by atoms with Crippen molar-refractivity contribution in [2.24, 2.45) is 0 Å². The summed E-state index contributed by atoms with van der Waals surface area (Å²) < 4.78 is 5.65. The van der Waals surface area contributed by atoms with Crippen molar-refractivity contribution in [3.05, 3.63) is 67.9 Å². The van der Waals surface area contributed by atoms with E-state index >= 15 is 0 Å². The second kappa shape index (κ2) is 7.90. The summed E-state index contributed by atoms with van der Waals surface area (Å²) in [6.45, 7) is 4.36. The SMILES string of the molecule is CC[C@@H](Nc1c(Nc2cccc(CN(C)C)c2O)c(=O)c1=O)c1ccc(C)o1. The Kier molecular flexibility index (Phi) is 5.56. The summed E-state index contributed by atoms with van der Waals surface area (Å²) in [7, 11) is 3.80. The van der Waals surface area contributed by atoms with Crippen LogP contribution >= 0.6 is 0 Å². The zero-order chi connectivity index (χ0) is 20.4. The van der Waals surface area contributed by atoms with Crippen molar-refractivity contribution in [2.75, 3.05) is 24.7 Å². The first kappa shape index (κ1) is 19.7. The number of nitrogens with zero attached hydrogens (tertiary/aromatic N) is 1. The maximum atomic E-state index is 12.1. The zero-order valence-electron chi connectivity index (χ0n) is 16.5. The van der Waals surface area contributed by atoms with Crippen LogP contribution < -0.4 is 21.5 Å². The van der Waals surface area contributed by atoms with E-state index in [1.165, 1.54) is 0 Å². The Bertz CT molecular complexity index is 1040. The van der Waals surface area contributed by atoms with E-state index < -0.39 is 10.9 Å². The standard InChI is InChI=1S/C21H25N3O4/c1-5-14(16-10-9-12(2)28-16)22-17-18(21(27)20(17)26)23-15-8-6-7-13(19(15)25)11-24(3)4/h6-10,14,22-23,25H,5,11H2,1-4H3/t14-/m1/s1. The van der Waals surface area contributed by atoms with Gasteiger partial charge < -0.3 is 25.1 Å². The van der Waals surface area contributed by atoms with E-state index in [-0.39, 0.29) is 23.2 Å². The molecule has 7 heteroatoms. The molecule has 0 amide bonds. The highest BCUT2D eigenvalue weighted by molar-refractivity contribution is 5.81. The quantitative estimate of drug-likeness (QED) is 0.406. The molecular formula is C21H25N3O4. The minimum atomic E-state index is -0.606. The fourth-order valence-electron chi connectivity index (χ4n) is 3.13. The highest BCUT2D eigenvalue weighted by Gasteiger charge is 2.25. The summed E-state index contributed by atoms with van der Waals surface area (Å²) in [6.07, 6.45) is 0.675. The van der Waals surface area contributed by atoms with Gasteiger partial charge in [-0.1, -0.05) is 19.1 Å². The molecule has 0 bridgehead atoms. The first-order valence-electron chi connectivity index (χ1n) is 9.20. The molecule has 2 aromatic carbocycles. The molecule has 1 heterocycles. The summed E-state index contributed by atoms with van der Waals surface area (Å²) >= 11 is 0. The maximum Gasteiger partial charge on any atom is 0.253 e. The Labute approximate surface area is 163 Å². The molecule has 28 heavy (non-hydrogen) atoms. The minimum Gasteiger partial charge on any atom is -0.505 e. The number of furan rings is 1. The molecule has 0 saturated carbocycles. The average Bonchev–Trinajstić information content (AvgIpc) is 3.09. The van der Waals surface area contributed by atoms with Gasteiger partial charge in [0.2, 0.25) is 0 Å². The Morgan fingerprint density at radius 1 is 1.11 bits per heavy atom. The van der Waals surface area contributed by atoms with Crippen molar-refractivity contribution >= 4 is 17.1 Å². The zero-order valence-corrected chi connectivity index (χ0v) is 16.5. The summed E-state index contributed by atoms with van der Waals surface area (Å²) in [5, 5.41) is 16.5. The number of phenolic OH excluding ortho intramolecular Hbond substituents is 1. The van der Waals surface area contributed by atoms with Gasteiger partial charge in [-0.25, -0.2) is 0 Å². The monoisotopic (exact) mass is 383 g/mol. The van der Waals surface area contributed by atoms with Gasteiger partial charge in [-0.05, 0) is 45.6 Å². The van der Waals surface area contributed by atoms with Gasteiger partial charge in [0, 0.05) is 12.1 Å². The molecule has 3 N–H and O–H groups in total. The molecule has 0 aliphatic carbocycles. The Morgan fingerprint density at radius 2 is 1.82 bits per heavy atom. The van der Waals surface area contributed by atoms with E-state index in [2.05, 4.69) is 10.6 Å². The fraction of sp³-hybridized carbons (Fsp3) is 0.333. The van der Waals surface area contributed by atoms with Gasteiger partial charge >= 0.3 is 0 Å². The second-order valence-corrected chi connectivity index (χ2v) is 7.14. The third-order valence-corrected chi connectivity index (χ3v) is 4.61. The number of benzene rings is 1. The molecule has 0 fully saturated rings. The van der Waals surface area contributed by atoms with Crippen LogP contribution in [0.5, 0.6) is 5.75 Å². The Balaban J connectivity index is 1.87. The third kappa shape index (κ3) is 3.80. The number of hydrogen-bond donors (Lipinski definition) is 3. The van der Waals surface area contributed by atoms with Crippen LogP contribution in [0, 0.1) is 6.92 Å². The molecule has 0 radical (unpaired) electrons. The molecule has 7 nitrogen and oxygen atoms in total. The van der Waals surface area contributed by atoms with Gasteiger partial charge in [-0.3, -0.25) is 9.59 Å². The molecule has 0 saturated heterocycles. The summed E-state index contributed by atoms with van der Waals surface area (Å²) in [5.74, 6) is 1.54. The smallest absolute Gasteiger partial charge is 0.253 e. The first-order chi connectivity index (χ1) is 13.3. The van der Waals surface area contributed by atoms with Crippen LogP contribution in [-0.4, -0.2) is 24.1 Å². The number of para-hydroxylation sites is 1.